The summed E-state index contributed by atoms with van der Waals surface area (Å²) in [5.74, 6) is 0. The molecular weight excluding hydrogens is 222 g/mol. The van der Waals surface area contributed by atoms with E-state index in [2.05, 4.69) is 24.8 Å². The Labute approximate surface area is 109 Å². The third kappa shape index (κ3) is 2.43. The lowest BCUT2D eigenvalue weighted by Crippen LogP contribution is -2.38. The van der Waals surface area contributed by atoms with E-state index < -0.39 is 0 Å². The topological polar surface area (TPSA) is 53.0 Å². The minimum absolute atomic E-state index is 0.488. The van der Waals surface area contributed by atoms with E-state index in [0.717, 1.165) is 18.8 Å². The first-order valence-electron chi connectivity index (χ1n) is 6.62. The SMILES string of the molecule is CCC1(C)CCN(c2ccc(N)c(C#N)c2)CC1. The fourth-order valence-corrected chi connectivity index (χ4v) is 2.50. The Hall–Kier alpha value is -1.69. The molecule has 1 heterocycles. The number of nitrogens with two attached hydrogens (primary N) is 1. The normalized spacial score (nSPS) is 18.4. The lowest BCUT2D eigenvalue weighted by atomic mass is 9.78. The van der Waals surface area contributed by atoms with Gasteiger partial charge in [-0.05, 0) is 36.5 Å². The van der Waals surface area contributed by atoms with Crippen LogP contribution in [0.5, 0.6) is 0 Å². The average Bonchev–Trinajstić information content (AvgIpc) is 2.40. The second-order valence-corrected chi connectivity index (χ2v) is 5.53. The van der Waals surface area contributed by atoms with Gasteiger partial charge in [0.2, 0.25) is 0 Å². The summed E-state index contributed by atoms with van der Waals surface area (Å²) in [6.07, 6.45) is 3.68. The second kappa shape index (κ2) is 4.89. The standard InChI is InChI=1S/C15H21N3/c1-3-15(2)6-8-18(9-7-15)13-4-5-14(17)12(10-13)11-16/h4-5,10H,3,6-9,17H2,1-2H3. The van der Waals surface area contributed by atoms with E-state index in [4.69, 9.17) is 11.0 Å². The molecular formula is C15H21N3. The van der Waals surface area contributed by atoms with Crippen molar-refractivity contribution in [1.29, 1.82) is 5.26 Å². The average molecular weight is 243 g/mol. The van der Waals surface area contributed by atoms with Crippen LogP contribution in [0.4, 0.5) is 11.4 Å². The van der Waals surface area contributed by atoms with Gasteiger partial charge in [0.1, 0.15) is 6.07 Å². The molecule has 1 aromatic carbocycles. The van der Waals surface area contributed by atoms with Crippen LogP contribution < -0.4 is 10.6 Å². The molecule has 96 valence electrons. The van der Waals surface area contributed by atoms with E-state index in [1.807, 2.05) is 18.2 Å². The van der Waals surface area contributed by atoms with Crippen molar-refractivity contribution in [1.82, 2.24) is 0 Å². The molecule has 3 heteroatoms. The van der Waals surface area contributed by atoms with Gasteiger partial charge in [0.25, 0.3) is 0 Å². The quantitative estimate of drug-likeness (QED) is 0.812. The molecule has 0 atom stereocenters. The summed E-state index contributed by atoms with van der Waals surface area (Å²) in [5, 5.41) is 9.01. The first-order chi connectivity index (χ1) is 8.58. The maximum absolute atomic E-state index is 9.01. The maximum Gasteiger partial charge on any atom is 0.101 e. The van der Waals surface area contributed by atoms with Gasteiger partial charge in [-0.15, -0.1) is 0 Å². The molecule has 1 aromatic rings. The molecule has 1 aliphatic rings. The zero-order valence-corrected chi connectivity index (χ0v) is 11.2. The molecule has 0 aromatic heterocycles. The monoisotopic (exact) mass is 243 g/mol. The number of hydrogen-bond donors (Lipinski definition) is 1. The zero-order valence-electron chi connectivity index (χ0n) is 11.2. The van der Waals surface area contributed by atoms with Crippen molar-refractivity contribution in [3.8, 4) is 6.07 Å². The Balaban J connectivity index is 2.13. The first kappa shape index (κ1) is 12.8. The van der Waals surface area contributed by atoms with E-state index in [-0.39, 0.29) is 0 Å². The van der Waals surface area contributed by atoms with Crippen LogP contribution >= 0.6 is 0 Å². The van der Waals surface area contributed by atoms with Crippen LogP contribution in [0.15, 0.2) is 18.2 Å². The number of anilines is 2. The summed E-state index contributed by atoms with van der Waals surface area (Å²) in [6.45, 7) is 6.78. The van der Waals surface area contributed by atoms with Gasteiger partial charge in [-0.25, -0.2) is 0 Å². The third-order valence-electron chi connectivity index (χ3n) is 4.35. The predicted molar refractivity (Wildman–Crippen MR) is 75.4 cm³/mol. The minimum atomic E-state index is 0.488. The number of piperidine rings is 1. The smallest absolute Gasteiger partial charge is 0.101 e. The summed E-state index contributed by atoms with van der Waals surface area (Å²) < 4.78 is 0. The van der Waals surface area contributed by atoms with Crippen LogP contribution in [-0.2, 0) is 0 Å². The molecule has 0 spiro atoms. The number of nitrogen functional groups attached to an aromatic ring is 1. The summed E-state index contributed by atoms with van der Waals surface area (Å²) in [5.41, 5.74) is 8.51. The number of nitriles is 1. The van der Waals surface area contributed by atoms with Crippen molar-refractivity contribution in [3.63, 3.8) is 0 Å². The van der Waals surface area contributed by atoms with Crippen molar-refractivity contribution >= 4 is 11.4 Å². The van der Waals surface area contributed by atoms with Gasteiger partial charge in [0.15, 0.2) is 0 Å². The summed E-state index contributed by atoms with van der Waals surface area (Å²) in [7, 11) is 0. The van der Waals surface area contributed by atoms with Crippen molar-refractivity contribution in [3.05, 3.63) is 23.8 Å². The zero-order chi connectivity index (χ0) is 13.2. The third-order valence-corrected chi connectivity index (χ3v) is 4.35. The van der Waals surface area contributed by atoms with Crippen LogP contribution in [0.1, 0.15) is 38.7 Å². The van der Waals surface area contributed by atoms with Crippen LogP contribution in [0.3, 0.4) is 0 Å². The van der Waals surface area contributed by atoms with Crippen LogP contribution in [-0.4, -0.2) is 13.1 Å². The highest BCUT2D eigenvalue weighted by atomic mass is 15.1. The van der Waals surface area contributed by atoms with Gasteiger partial charge >= 0.3 is 0 Å². The van der Waals surface area contributed by atoms with Crippen molar-refractivity contribution in [2.24, 2.45) is 5.41 Å². The highest BCUT2D eigenvalue weighted by molar-refractivity contribution is 5.62. The van der Waals surface area contributed by atoms with Crippen LogP contribution in [0, 0.1) is 16.7 Å². The van der Waals surface area contributed by atoms with E-state index in [9.17, 15) is 0 Å². The van der Waals surface area contributed by atoms with Crippen LogP contribution in [0.25, 0.3) is 0 Å². The van der Waals surface area contributed by atoms with Gasteiger partial charge in [-0.2, -0.15) is 5.26 Å². The number of benzene rings is 1. The Kier molecular flexibility index (Phi) is 3.47. The lowest BCUT2D eigenvalue weighted by molar-refractivity contribution is 0.238. The van der Waals surface area contributed by atoms with Crippen molar-refractivity contribution < 1.29 is 0 Å². The lowest BCUT2D eigenvalue weighted by Gasteiger charge is -2.40. The van der Waals surface area contributed by atoms with Gasteiger partial charge < -0.3 is 10.6 Å². The van der Waals surface area contributed by atoms with Gasteiger partial charge in [-0.1, -0.05) is 20.3 Å². The largest absolute Gasteiger partial charge is 0.398 e. The molecule has 1 aliphatic heterocycles. The molecule has 0 bridgehead atoms. The fourth-order valence-electron chi connectivity index (χ4n) is 2.50. The maximum atomic E-state index is 9.01. The molecule has 0 unspecified atom stereocenters. The van der Waals surface area contributed by atoms with E-state index >= 15 is 0 Å². The van der Waals surface area contributed by atoms with Crippen molar-refractivity contribution in [2.75, 3.05) is 23.7 Å². The minimum Gasteiger partial charge on any atom is -0.398 e. The second-order valence-electron chi connectivity index (χ2n) is 5.53. The van der Waals surface area contributed by atoms with Gasteiger partial charge in [0.05, 0.1) is 5.56 Å². The molecule has 3 nitrogen and oxygen atoms in total. The molecule has 0 amide bonds. The Morgan fingerprint density at radius 2 is 2.06 bits per heavy atom. The molecule has 2 N–H and O–H groups in total. The Morgan fingerprint density at radius 3 is 2.61 bits per heavy atom. The molecule has 0 radical (unpaired) electrons. The van der Waals surface area contributed by atoms with Crippen LogP contribution in [0.2, 0.25) is 0 Å². The fraction of sp³-hybridized carbons (Fsp3) is 0.533. The molecule has 2 rings (SSSR count). The number of hydrogen-bond acceptors (Lipinski definition) is 3. The summed E-state index contributed by atoms with van der Waals surface area (Å²) >= 11 is 0. The molecule has 0 aliphatic carbocycles. The Morgan fingerprint density at radius 1 is 1.39 bits per heavy atom. The van der Waals surface area contributed by atoms with Crippen molar-refractivity contribution in [2.45, 2.75) is 33.1 Å². The van der Waals surface area contributed by atoms with E-state index in [0.29, 0.717) is 16.7 Å². The molecule has 18 heavy (non-hydrogen) atoms. The predicted octanol–water partition coefficient (Wildman–Crippen LogP) is 3.16. The van der Waals surface area contributed by atoms with Gasteiger partial charge in [-0.3, -0.25) is 0 Å². The molecule has 1 saturated heterocycles. The van der Waals surface area contributed by atoms with Gasteiger partial charge in [0, 0.05) is 24.5 Å². The summed E-state index contributed by atoms with van der Waals surface area (Å²) in [4.78, 5) is 2.36. The Bertz CT molecular complexity index is 465. The highest BCUT2D eigenvalue weighted by Crippen LogP contribution is 2.36. The van der Waals surface area contributed by atoms with E-state index in [1.54, 1.807) is 0 Å². The number of nitrogens with zero attached hydrogens (tertiary/aromatic N) is 2. The molecule has 0 saturated carbocycles. The van der Waals surface area contributed by atoms with E-state index in [1.165, 1.54) is 19.3 Å². The highest BCUT2D eigenvalue weighted by Gasteiger charge is 2.28. The summed E-state index contributed by atoms with van der Waals surface area (Å²) in [6, 6.07) is 7.91. The molecule has 1 fully saturated rings. The number of rotatable bonds is 2. The first-order valence-corrected chi connectivity index (χ1v) is 6.62.